The van der Waals surface area contributed by atoms with E-state index in [9.17, 15) is 9.18 Å². The fourth-order valence-corrected chi connectivity index (χ4v) is 2.77. The van der Waals surface area contributed by atoms with Gasteiger partial charge in [-0.2, -0.15) is 0 Å². The summed E-state index contributed by atoms with van der Waals surface area (Å²) in [5.41, 5.74) is 6.74. The molecule has 0 saturated heterocycles. The van der Waals surface area contributed by atoms with Gasteiger partial charge in [0, 0.05) is 12.6 Å². The SMILES string of the molecule is NC(Cn1cnc2sccc2c1=O)c1ccc(F)cc1. The Morgan fingerprint density at radius 3 is 2.80 bits per heavy atom. The molecule has 1 aromatic carbocycles. The minimum Gasteiger partial charge on any atom is -0.322 e. The van der Waals surface area contributed by atoms with Crippen LogP contribution in [0.1, 0.15) is 11.6 Å². The summed E-state index contributed by atoms with van der Waals surface area (Å²) in [7, 11) is 0. The van der Waals surface area contributed by atoms with Crippen molar-refractivity contribution in [2.24, 2.45) is 5.73 Å². The van der Waals surface area contributed by atoms with E-state index in [2.05, 4.69) is 4.98 Å². The summed E-state index contributed by atoms with van der Waals surface area (Å²) in [4.78, 5) is 17.2. The molecule has 0 bridgehead atoms. The Kier molecular flexibility index (Phi) is 3.33. The van der Waals surface area contributed by atoms with Gasteiger partial charge in [0.05, 0.1) is 11.7 Å². The number of aromatic nitrogens is 2. The van der Waals surface area contributed by atoms with Crippen molar-refractivity contribution < 1.29 is 4.39 Å². The largest absolute Gasteiger partial charge is 0.322 e. The summed E-state index contributed by atoms with van der Waals surface area (Å²) < 4.78 is 14.4. The molecule has 0 aliphatic heterocycles. The van der Waals surface area contributed by atoms with Crippen molar-refractivity contribution in [2.75, 3.05) is 0 Å². The third-order valence-corrected chi connectivity index (χ3v) is 3.96. The van der Waals surface area contributed by atoms with Crippen molar-refractivity contribution in [1.82, 2.24) is 9.55 Å². The number of hydrogen-bond acceptors (Lipinski definition) is 4. The zero-order valence-electron chi connectivity index (χ0n) is 10.5. The van der Waals surface area contributed by atoms with Crippen LogP contribution in [0.25, 0.3) is 10.2 Å². The second-order valence-electron chi connectivity index (χ2n) is 4.50. The van der Waals surface area contributed by atoms with Crippen LogP contribution in [-0.2, 0) is 6.54 Å². The van der Waals surface area contributed by atoms with Crippen LogP contribution in [0.2, 0.25) is 0 Å². The predicted octanol–water partition coefficient (Wildman–Crippen LogP) is 2.30. The van der Waals surface area contributed by atoms with Crippen LogP contribution in [0, 0.1) is 5.82 Å². The zero-order valence-corrected chi connectivity index (χ0v) is 11.3. The molecule has 0 spiro atoms. The summed E-state index contributed by atoms with van der Waals surface area (Å²) in [6.45, 7) is 0.309. The minimum atomic E-state index is -0.383. The Morgan fingerprint density at radius 1 is 1.30 bits per heavy atom. The number of benzene rings is 1. The Bertz CT molecular complexity index is 794. The van der Waals surface area contributed by atoms with Crippen LogP contribution >= 0.6 is 11.3 Å². The van der Waals surface area contributed by atoms with E-state index >= 15 is 0 Å². The molecule has 0 aliphatic rings. The van der Waals surface area contributed by atoms with E-state index in [0.717, 1.165) is 10.4 Å². The van der Waals surface area contributed by atoms with E-state index in [1.165, 1.54) is 34.4 Å². The molecule has 2 heterocycles. The Morgan fingerprint density at radius 2 is 2.05 bits per heavy atom. The molecule has 4 nitrogen and oxygen atoms in total. The van der Waals surface area contributed by atoms with Gasteiger partial charge in [-0.25, -0.2) is 9.37 Å². The Hall–Kier alpha value is -2.05. The van der Waals surface area contributed by atoms with Crippen LogP contribution in [0.3, 0.4) is 0 Å². The fraction of sp³-hybridized carbons (Fsp3) is 0.143. The van der Waals surface area contributed by atoms with Gasteiger partial charge >= 0.3 is 0 Å². The normalized spacial score (nSPS) is 12.7. The zero-order chi connectivity index (χ0) is 14.1. The second kappa shape index (κ2) is 5.15. The predicted molar refractivity (Wildman–Crippen MR) is 77.2 cm³/mol. The summed E-state index contributed by atoms with van der Waals surface area (Å²) in [6.07, 6.45) is 1.50. The van der Waals surface area contributed by atoms with E-state index in [-0.39, 0.29) is 17.4 Å². The molecule has 3 rings (SSSR count). The standard InChI is InChI=1S/C14H12FN3OS/c15-10-3-1-9(2-4-10)12(16)7-18-8-17-13-11(14(18)19)5-6-20-13/h1-6,8,12H,7,16H2. The Balaban J connectivity index is 1.90. The molecule has 2 N–H and O–H groups in total. The van der Waals surface area contributed by atoms with Gasteiger partial charge in [0.2, 0.25) is 0 Å². The van der Waals surface area contributed by atoms with Crippen LogP contribution in [0.4, 0.5) is 4.39 Å². The highest BCUT2D eigenvalue weighted by Crippen LogP contribution is 2.15. The van der Waals surface area contributed by atoms with E-state index < -0.39 is 0 Å². The lowest BCUT2D eigenvalue weighted by atomic mass is 10.1. The van der Waals surface area contributed by atoms with E-state index in [1.54, 1.807) is 18.2 Å². The first kappa shape index (κ1) is 13.0. The molecule has 0 saturated carbocycles. The van der Waals surface area contributed by atoms with Crippen LogP contribution < -0.4 is 11.3 Å². The van der Waals surface area contributed by atoms with Gasteiger partial charge in [-0.05, 0) is 29.1 Å². The third-order valence-electron chi connectivity index (χ3n) is 3.14. The molecule has 102 valence electrons. The molecule has 1 atom stereocenters. The van der Waals surface area contributed by atoms with Crippen molar-refractivity contribution >= 4 is 21.6 Å². The van der Waals surface area contributed by atoms with Crippen molar-refractivity contribution in [3.63, 3.8) is 0 Å². The lowest BCUT2D eigenvalue weighted by Crippen LogP contribution is -2.26. The molecule has 0 radical (unpaired) electrons. The monoisotopic (exact) mass is 289 g/mol. The number of rotatable bonds is 3. The fourth-order valence-electron chi connectivity index (χ4n) is 2.05. The van der Waals surface area contributed by atoms with E-state index in [4.69, 9.17) is 5.73 Å². The van der Waals surface area contributed by atoms with Crippen molar-refractivity contribution in [3.05, 3.63) is 63.8 Å². The molecule has 2 aromatic heterocycles. The average molecular weight is 289 g/mol. The molecule has 20 heavy (non-hydrogen) atoms. The highest BCUT2D eigenvalue weighted by atomic mass is 32.1. The Labute approximate surface area is 118 Å². The third kappa shape index (κ3) is 2.35. The quantitative estimate of drug-likeness (QED) is 0.804. The summed E-state index contributed by atoms with van der Waals surface area (Å²) in [5.74, 6) is -0.306. The van der Waals surface area contributed by atoms with Crippen LogP contribution in [0.5, 0.6) is 0 Å². The smallest absolute Gasteiger partial charge is 0.262 e. The lowest BCUT2D eigenvalue weighted by Gasteiger charge is -2.13. The maximum atomic E-state index is 12.9. The first-order chi connectivity index (χ1) is 9.65. The molecule has 0 aliphatic carbocycles. The maximum absolute atomic E-state index is 12.9. The van der Waals surface area contributed by atoms with Gasteiger partial charge < -0.3 is 5.73 Å². The topological polar surface area (TPSA) is 60.9 Å². The van der Waals surface area contributed by atoms with Gasteiger partial charge in [-0.15, -0.1) is 11.3 Å². The average Bonchev–Trinajstić information content (AvgIpc) is 2.92. The molecule has 0 fully saturated rings. The van der Waals surface area contributed by atoms with Crippen molar-refractivity contribution in [3.8, 4) is 0 Å². The number of hydrogen-bond donors (Lipinski definition) is 1. The minimum absolute atomic E-state index is 0.103. The summed E-state index contributed by atoms with van der Waals surface area (Å²) in [6, 6.07) is 7.35. The van der Waals surface area contributed by atoms with Gasteiger partial charge in [0.1, 0.15) is 10.6 Å². The number of nitrogens with zero attached hydrogens (tertiary/aromatic N) is 2. The van der Waals surface area contributed by atoms with Crippen LogP contribution in [0.15, 0.2) is 46.8 Å². The van der Waals surface area contributed by atoms with Crippen LogP contribution in [-0.4, -0.2) is 9.55 Å². The highest BCUT2D eigenvalue weighted by molar-refractivity contribution is 7.16. The first-order valence-corrected chi connectivity index (χ1v) is 6.97. The first-order valence-electron chi connectivity index (χ1n) is 6.09. The van der Waals surface area contributed by atoms with Crippen molar-refractivity contribution in [2.45, 2.75) is 12.6 Å². The highest BCUT2D eigenvalue weighted by Gasteiger charge is 2.10. The maximum Gasteiger partial charge on any atom is 0.262 e. The van der Waals surface area contributed by atoms with Gasteiger partial charge in [0.25, 0.3) is 5.56 Å². The number of thiophene rings is 1. The van der Waals surface area contributed by atoms with E-state index in [0.29, 0.717) is 11.9 Å². The molecular weight excluding hydrogens is 277 g/mol. The second-order valence-corrected chi connectivity index (χ2v) is 5.39. The molecule has 0 amide bonds. The molecule has 6 heteroatoms. The van der Waals surface area contributed by atoms with E-state index in [1.807, 2.05) is 5.38 Å². The van der Waals surface area contributed by atoms with Gasteiger partial charge in [-0.3, -0.25) is 9.36 Å². The lowest BCUT2D eigenvalue weighted by molar-refractivity contribution is 0.556. The van der Waals surface area contributed by atoms with Gasteiger partial charge in [-0.1, -0.05) is 12.1 Å². The number of halogens is 1. The molecular formula is C14H12FN3OS. The number of nitrogens with two attached hydrogens (primary N) is 1. The molecule has 3 aromatic rings. The van der Waals surface area contributed by atoms with Crippen molar-refractivity contribution in [1.29, 1.82) is 0 Å². The summed E-state index contributed by atoms with van der Waals surface area (Å²) >= 11 is 1.43. The number of fused-ring (bicyclic) bond motifs is 1. The van der Waals surface area contributed by atoms with Gasteiger partial charge in [0.15, 0.2) is 0 Å². The molecule has 1 unspecified atom stereocenters. The summed E-state index contributed by atoms with van der Waals surface area (Å²) in [5, 5.41) is 2.44.